The second-order valence-electron chi connectivity index (χ2n) is 6.78. The molecule has 5 nitrogen and oxygen atoms in total. The van der Waals surface area contributed by atoms with Crippen molar-refractivity contribution in [3.63, 3.8) is 0 Å². The van der Waals surface area contributed by atoms with Crippen LogP contribution in [-0.2, 0) is 6.42 Å². The van der Waals surface area contributed by atoms with Gasteiger partial charge >= 0.3 is 0 Å². The summed E-state index contributed by atoms with van der Waals surface area (Å²) in [6.07, 6.45) is 3.48. The molecule has 1 heterocycles. The highest BCUT2D eigenvalue weighted by Crippen LogP contribution is 2.19. The Balaban J connectivity index is 1.54. The minimum absolute atomic E-state index is 0.144. The Labute approximate surface area is 164 Å². The number of aryl methyl sites for hydroxylation is 1. The van der Waals surface area contributed by atoms with Crippen LogP contribution in [0.1, 0.15) is 35.7 Å². The number of amides is 1. The predicted octanol–water partition coefficient (Wildman–Crippen LogP) is 5.02. The van der Waals surface area contributed by atoms with Crippen molar-refractivity contribution in [2.75, 3.05) is 5.32 Å². The van der Waals surface area contributed by atoms with Crippen molar-refractivity contribution in [2.45, 2.75) is 26.2 Å². The molecule has 0 fully saturated rings. The molecule has 0 atom stereocenters. The zero-order valence-corrected chi connectivity index (χ0v) is 15.8. The Morgan fingerprint density at radius 3 is 2.43 bits per heavy atom. The molecule has 3 aromatic carbocycles. The third-order valence-electron chi connectivity index (χ3n) is 4.66. The van der Waals surface area contributed by atoms with E-state index < -0.39 is 0 Å². The molecule has 1 aromatic heterocycles. The second kappa shape index (κ2) is 8.05. The number of nitrogens with zero attached hydrogens (tertiary/aromatic N) is 3. The first kappa shape index (κ1) is 17.9. The van der Waals surface area contributed by atoms with E-state index in [1.54, 1.807) is 16.9 Å². The summed E-state index contributed by atoms with van der Waals surface area (Å²) in [7, 11) is 0. The minimum Gasteiger partial charge on any atom is -0.322 e. The fourth-order valence-electron chi connectivity index (χ4n) is 3.08. The number of hydrogen-bond donors (Lipinski definition) is 1. The smallest absolute Gasteiger partial charge is 0.255 e. The first-order valence-electron chi connectivity index (χ1n) is 9.56. The summed E-state index contributed by atoms with van der Waals surface area (Å²) in [4.78, 5) is 14.0. The molecule has 0 aliphatic heterocycles. The third-order valence-corrected chi connectivity index (χ3v) is 4.66. The number of rotatable bonds is 6. The lowest BCUT2D eigenvalue weighted by Crippen LogP contribution is -2.11. The molecular formula is C23H22N4O. The second-order valence-corrected chi connectivity index (χ2v) is 6.78. The predicted molar refractivity (Wildman–Crippen MR) is 112 cm³/mol. The van der Waals surface area contributed by atoms with E-state index in [0.717, 1.165) is 23.1 Å². The van der Waals surface area contributed by atoms with Crippen molar-refractivity contribution in [1.29, 1.82) is 0 Å². The number of fused-ring (bicyclic) bond motifs is 1. The quantitative estimate of drug-likeness (QED) is 0.519. The average Bonchev–Trinajstić information content (AvgIpc) is 3.16. The van der Waals surface area contributed by atoms with Crippen LogP contribution in [0.2, 0.25) is 0 Å². The monoisotopic (exact) mass is 370 g/mol. The summed E-state index contributed by atoms with van der Waals surface area (Å²) in [5, 5.41) is 12.0. The van der Waals surface area contributed by atoms with Crippen LogP contribution in [0.15, 0.2) is 72.8 Å². The summed E-state index contributed by atoms with van der Waals surface area (Å²) in [6, 6.07) is 23.0. The first-order chi connectivity index (χ1) is 13.7. The van der Waals surface area contributed by atoms with Crippen molar-refractivity contribution in [3.05, 3.63) is 83.9 Å². The van der Waals surface area contributed by atoms with Gasteiger partial charge in [-0.25, -0.2) is 0 Å². The SMILES string of the molecule is CCCCc1ccc(-n2nc3ccc(NC(=O)c4ccccc4)cc3n2)cc1. The molecule has 1 amide bonds. The Bertz CT molecular complexity index is 1080. The van der Waals surface area contributed by atoms with Gasteiger partial charge in [0.15, 0.2) is 0 Å². The Morgan fingerprint density at radius 1 is 0.929 bits per heavy atom. The summed E-state index contributed by atoms with van der Waals surface area (Å²) >= 11 is 0. The normalized spacial score (nSPS) is 10.9. The summed E-state index contributed by atoms with van der Waals surface area (Å²) in [5.41, 5.74) is 5.09. The van der Waals surface area contributed by atoms with Crippen molar-refractivity contribution in [2.24, 2.45) is 0 Å². The van der Waals surface area contributed by atoms with Gasteiger partial charge in [-0.1, -0.05) is 43.7 Å². The highest BCUT2D eigenvalue weighted by atomic mass is 16.1. The lowest BCUT2D eigenvalue weighted by atomic mass is 10.1. The van der Waals surface area contributed by atoms with Crippen LogP contribution >= 0.6 is 0 Å². The third kappa shape index (κ3) is 3.93. The molecule has 0 saturated heterocycles. The zero-order chi connectivity index (χ0) is 19.3. The fraction of sp³-hybridized carbons (Fsp3) is 0.174. The number of anilines is 1. The van der Waals surface area contributed by atoms with Gasteiger partial charge in [-0.3, -0.25) is 4.79 Å². The molecule has 0 spiro atoms. The Morgan fingerprint density at radius 2 is 1.68 bits per heavy atom. The molecule has 0 unspecified atom stereocenters. The fourth-order valence-corrected chi connectivity index (χ4v) is 3.08. The molecule has 5 heteroatoms. The maximum Gasteiger partial charge on any atom is 0.255 e. The van der Waals surface area contributed by atoms with E-state index in [2.05, 4.69) is 34.6 Å². The zero-order valence-electron chi connectivity index (χ0n) is 15.8. The number of nitrogens with one attached hydrogen (secondary N) is 1. The van der Waals surface area contributed by atoms with Gasteiger partial charge < -0.3 is 5.32 Å². The number of hydrogen-bond acceptors (Lipinski definition) is 3. The van der Waals surface area contributed by atoms with Gasteiger partial charge in [-0.15, -0.1) is 10.2 Å². The van der Waals surface area contributed by atoms with E-state index in [1.165, 1.54) is 18.4 Å². The number of benzene rings is 3. The van der Waals surface area contributed by atoms with Crippen LogP contribution in [0.5, 0.6) is 0 Å². The van der Waals surface area contributed by atoms with Crippen molar-refractivity contribution in [3.8, 4) is 5.69 Å². The highest BCUT2D eigenvalue weighted by Gasteiger charge is 2.09. The molecule has 4 aromatic rings. The van der Waals surface area contributed by atoms with Crippen molar-refractivity contribution >= 4 is 22.6 Å². The lowest BCUT2D eigenvalue weighted by molar-refractivity contribution is 0.102. The van der Waals surface area contributed by atoms with E-state index >= 15 is 0 Å². The molecule has 28 heavy (non-hydrogen) atoms. The van der Waals surface area contributed by atoms with E-state index in [1.807, 2.05) is 48.5 Å². The average molecular weight is 370 g/mol. The van der Waals surface area contributed by atoms with Crippen LogP contribution < -0.4 is 5.32 Å². The van der Waals surface area contributed by atoms with Crippen LogP contribution in [0.25, 0.3) is 16.7 Å². The molecule has 0 bridgehead atoms. The largest absolute Gasteiger partial charge is 0.322 e. The van der Waals surface area contributed by atoms with Crippen LogP contribution in [0, 0.1) is 0 Å². The molecule has 4 rings (SSSR count). The van der Waals surface area contributed by atoms with E-state index in [-0.39, 0.29) is 5.91 Å². The maximum absolute atomic E-state index is 12.3. The van der Waals surface area contributed by atoms with Gasteiger partial charge in [0.05, 0.1) is 5.69 Å². The van der Waals surface area contributed by atoms with E-state index in [9.17, 15) is 4.79 Å². The van der Waals surface area contributed by atoms with Crippen LogP contribution in [0.3, 0.4) is 0 Å². The van der Waals surface area contributed by atoms with Crippen molar-refractivity contribution in [1.82, 2.24) is 15.0 Å². The Hall–Kier alpha value is -3.47. The summed E-state index contributed by atoms with van der Waals surface area (Å²) in [5.74, 6) is -0.144. The van der Waals surface area contributed by atoms with Gasteiger partial charge in [-0.05, 0) is 60.9 Å². The topological polar surface area (TPSA) is 59.8 Å². The molecule has 0 saturated carbocycles. The number of carbonyl (C=O) groups excluding carboxylic acids is 1. The number of aromatic nitrogens is 3. The summed E-state index contributed by atoms with van der Waals surface area (Å²) in [6.45, 7) is 2.20. The Kier molecular flexibility index (Phi) is 5.15. The molecular weight excluding hydrogens is 348 g/mol. The lowest BCUT2D eigenvalue weighted by Gasteiger charge is -2.04. The van der Waals surface area contributed by atoms with E-state index in [4.69, 9.17) is 0 Å². The molecule has 0 aliphatic rings. The molecule has 0 radical (unpaired) electrons. The molecule has 0 aliphatic carbocycles. The van der Waals surface area contributed by atoms with Crippen molar-refractivity contribution < 1.29 is 4.79 Å². The first-order valence-corrected chi connectivity index (χ1v) is 9.56. The minimum atomic E-state index is -0.144. The number of carbonyl (C=O) groups is 1. The molecule has 1 N–H and O–H groups in total. The van der Waals surface area contributed by atoms with Gasteiger partial charge in [0.2, 0.25) is 0 Å². The van der Waals surface area contributed by atoms with Gasteiger partial charge in [0, 0.05) is 11.3 Å². The van der Waals surface area contributed by atoms with Gasteiger partial charge in [0.25, 0.3) is 5.91 Å². The van der Waals surface area contributed by atoms with Gasteiger partial charge in [-0.2, -0.15) is 4.80 Å². The molecule has 140 valence electrons. The van der Waals surface area contributed by atoms with Crippen LogP contribution in [0.4, 0.5) is 5.69 Å². The van der Waals surface area contributed by atoms with Crippen LogP contribution in [-0.4, -0.2) is 20.9 Å². The maximum atomic E-state index is 12.3. The number of unbranched alkanes of at least 4 members (excludes halogenated alkanes) is 1. The summed E-state index contributed by atoms with van der Waals surface area (Å²) < 4.78 is 0. The van der Waals surface area contributed by atoms with E-state index in [0.29, 0.717) is 11.3 Å². The highest BCUT2D eigenvalue weighted by molar-refractivity contribution is 6.04. The van der Waals surface area contributed by atoms with Gasteiger partial charge in [0.1, 0.15) is 11.0 Å². The standard InChI is InChI=1S/C23H22N4O/c1-2-3-7-17-10-13-20(14-11-17)27-25-21-15-12-19(16-22(21)26-27)24-23(28)18-8-5-4-6-9-18/h4-6,8-16H,2-3,7H2,1H3,(H,24,28).